The number of anilines is 4. The first-order valence-electron chi connectivity index (χ1n) is 21.8. The van der Waals surface area contributed by atoms with Crippen molar-refractivity contribution in [1.29, 1.82) is 0 Å². The Morgan fingerprint density at radius 1 is 0.831 bits per heavy atom. The number of hydrogen-bond donors (Lipinski definition) is 5. The van der Waals surface area contributed by atoms with Crippen LogP contribution in [0, 0.1) is 5.92 Å². The van der Waals surface area contributed by atoms with E-state index in [-0.39, 0.29) is 37.1 Å². The SMILES string of the molecule is COc1cc2c(cc1OCc1cc(COc3cc4c(cc3OC)C(=O)N3c5ccccc5C[C@H]3CN4)cc(NC(=O)[C@H](C)NC(=O)[C@@H](N)C(C)C)c1)N=C[C@@H]1Cc3ccccc3N1C2O. The number of amides is 3. The van der Waals surface area contributed by atoms with E-state index in [1.54, 1.807) is 50.4 Å². The van der Waals surface area contributed by atoms with Crippen molar-refractivity contribution in [3.05, 3.63) is 124 Å². The van der Waals surface area contributed by atoms with Crippen LogP contribution in [0.4, 0.5) is 28.4 Å². The molecule has 0 fully saturated rings. The van der Waals surface area contributed by atoms with Crippen LogP contribution in [0.25, 0.3) is 0 Å². The van der Waals surface area contributed by atoms with Crippen LogP contribution < -0.4 is 50.4 Å². The molecular weight excluding hydrogens is 827 g/mol. The number of rotatable bonds is 13. The van der Waals surface area contributed by atoms with Crippen LogP contribution in [-0.2, 0) is 35.6 Å². The van der Waals surface area contributed by atoms with E-state index in [0.717, 1.165) is 35.3 Å². The molecule has 336 valence electrons. The van der Waals surface area contributed by atoms with E-state index in [9.17, 15) is 19.5 Å². The van der Waals surface area contributed by atoms with Gasteiger partial charge < -0.3 is 55.5 Å². The number of nitrogens with one attached hydrogen (secondary N) is 3. The second-order valence-corrected chi connectivity index (χ2v) is 17.2. The van der Waals surface area contributed by atoms with E-state index in [2.05, 4.69) is 28.1 Å². The van der Waals surface area contributed by atoms with Crippen LogP contribution in [0.15, 0.2) is 96.0 Å². The Morgan fingerprint density at radius 2 is 1.48 bits per heavy atom. The number of aliphatic hydroxyl groups is 1. The van der Waals surface area contributed by atoms with Crippen molar-refractivity contribution in [2.75, 3.05) is 41.2 Å². The molecule has 4 heterocycles. The largest absolute Gasteiger partial charge is 0.493 e. The Bertz CT molecular complexity index is 2700. The third-order valence-electron chi connectivity index (χ3n) is 12.5. The molecule has 0 radical (unpaired) electrons. The van der Waals surface area contributed by atoms with E-state index in [1.165, 1.54) is 7.11 Å². The van der Waals surface area contributed by atoms with Gasteiger partial charge in [0.1, 0.15) is 19.3 Å². The number of hydrogen-bond acceptors (Lipinski definition) is 12. The lowest BCUT2D eigenvalue weighted by atomic mass is 10.0. The lowest BCUT2D eigenvalue weighted by molar-refractivity contribution is -0.127. The number of nitrogens with two attached hydrogens (primary N) is 1. The Kier molecular flexibility index (Phi) is 11.8. The highest BCUT2D eigenvalue weighted by molar-refractivity contribution is 6.12. The zero-order chi connectivity index (χ0) is 45.5. The Morgan fingerprint density at radius 3 is 2.17 bits per heavy atom. The molecule has 5 atom stereocenters. The van der Waals surface area contributed by atoms with Crippen LogP contribution >= 0.6 is 0 Å². The average molecular weight is 880 g/mol. The number of para-hydroxylation sites is 2. The van der Waals surface area contributed by atoms with Gasteiger partial charge in [-0.3, -0.25) is 19.4 Å². The number of fused-ring (bicyclic) bond motifs is 8. The molecule has 5 aromatic carbocycles. The predicted octanol–water partition coefficient (Wildman–Crippen LogP) is 6.42. The summed E-state index contributed by atoms with van der Waals surface area (Å²) in [5, 5.41) is 20.8. The maximum atomic E-state index is 14.0. The van der Waals surface area contributed by atoms with Gasteiger partial charge in [0, 0.05) is 53.9 Å². The third-order valence-corrected chi connectivity index (χ3v) is 12.5. The summed E-state index contributed by atoms with van der Waals surface area (Å²) in [6.07, 6.45) is 2.37. The van der Waals surface area contributed by atoms with E-state index >= 15 is 0 Å². The van der Waals surface area contributed by atoms with Crippen LogP contribution in [0.3, 0.4) is 0 Å². The monoisotopic (exact) mass is 879 g/mol. The van der Waals surface area contributed by atoms with Gasteiger partial charge in [-0.05, 0) is 84.0 Å². The summed E-state index contributed by atoms with van der Waals surface area (Å²) >= 11 is 0. The third kappa shape index (κ3) is 8.40. The van der Waals surface area contributed by atoms with Crippen molar-refractivity contribution >= 4 is 52.4 Å². The first-order valence-corrected chi connectivity index (χ1v) is 21.8. The number of ether oxygens (including phenoxy) is 4. The summed E-state index contributed by atoms with van der Waals surface area (Å²) in [4.78, 5) is 48.9. The second kappa shape index (κ2) is 17.8. The molecule has 15 nitrogen and oxygen atoms in total. The molecule has 0 spiro atoms. The van der Waals surface area contributed by atoms with Gasteiger partial charge in [0.25, 0.3) is 5.91 Å². The minimum Gasteiger partial charge on any atom is -0.493 e. The molecular formula is C50H53N7O8. The van der Waals surface area contributed by atoms with E-state index in [4.69, 9.17) is 29.7 Å². The van der Waals surface area contributed by atoms with Crippen molar-refractivity contribution in [1.82, 2.24) is 5.32 Å². The Labute approximate surface area is 377 Å². The fourth-order valence-corrected chi connectivity index (χ4v) is 9.01. The summed E-state index contributed by atoms with van der Waals surface area (Å²) in [6.45, 7) is 5.92. The highest BCUT2D eigenvalue weighted by Crippen LogP contribution is 2.46. The first kappa shape index (κ1) is 43.2. The van der Waals surface area contributed by atoms with E-state index in [1.807, 2.05) is 72.3 Å². The Balaban J connectivity index is 0.975. The molecule has 0 aliphatic carbocycles. The number of carbonyl (C=O) groups excluding carboxylic acids is 3. The van der Waals surface area contributed by atoms with Gasteiger partial charge >= 0.3 is 0 Å². The molecule has 1 unspecified atom stereocenters. The summed E-state index contributed by atoms with van der Waals surface area (Å²) < 4.78 is 24.4. The Hall–Kier alpha value is -7.10. The van der Waals surface area contributed by atoms with Crippen molar-refractivity contribution in [3.8, 4) is 23.0 Å². The zero-order valence-electron chi connectivity index (χ0n) is 37.0. The molecule has 65 heavy (non-hydrogen) atoms. The molecule has 15 heteroatoms. The summed E-state index contributed by atoms with van der Waals surface area (Å²) in [5.74, 6) is 0.519. The highest BCUT2D eigenvalue weighted by atomic mass is 16.5. The fraction of sp³-hybridized carbons (Fsp3) is 0.320. The zero-order valence-corrected chi connectivity index (χ0v) is 37.0. The summed E-state index contributed by atoms with van der Waals surface area (Å²) in [7, 11) is 3.07. The van der Waals surface area contributed by atoms with Crippen LogP contribution in [0.1, 0.15) is 65.2 Å². The average Bonchev–Trinajstić information content (AvgIpc) is 3.80. The van der Waals surface area contributed by atoms with Gasteiger partial charge in [-0.2, -0.15) is 0 Å². The second-order valence-electron chi connectivity index (χ2n) is 17.2. The van der Waals surface area contributed by atoms with Crippen LogP contribution in [-0.4, -0.2) is 74.0 Å². The molecule has 9 rings (SSSR count). The van der Waals surface area contributed by atoms with Gasteiger partial charge in [-0.1, -0.05) is 50.2 Å². The number of carbonyl (C=O) groups is 3. The quantitative estimate of drug-likeness (QED) is 0.0878. The van der Waals surface area contributed by atoms with Gasteiger partial charge in [0.2, 0.25) is 11.8 Å². The van der Waals surface area contributed by atoms with Crippen molar-refractivity contribution in [2.24, 2.45) is 16.6 Å². The van der Waals surface area contributed by atoms with Crippen molar-refractivity contribution in [3.63, 3.8) is 0 Å². The number of aliphatic imine (C=N–C) groups is 1. The van der Waals surface area contributed by atoms with Gasteiger partial charge in [-0.15, -0.1) is 0 Å². The molecule has 3 amide bonds. The van der Waals surface area contributed by atoms with Gasteiger partial charge in [0.15, 0.2) is 29.2 Å². The standard InChI is InChI=1S/C50H53N7O8/c1-27(2)46(51)48(59)54-28(3)47(58)55-33-15-29(25-64-44-21-38-36(19-42(44)62-4)49(60)56-34(23-52-38)17-31-10-6-8-12-40(31)56)14-30(16-33)26-65-45-22-39-37(20-43(45)63-5)50(61)57-35(24-53-39)18-32-11-7-9-13-41(32)57/h6-16,19-23,27-28,34-35,46,49,53,60H,17-18,24-26,51H2,1-5H3,(H,54,59)(H,55,58)/t28-,34-,35-,46-,49?/m0/s1. The maximum absolute atomic E-state index is 14.0. The van der Waals surface area contributed by atoms with Gasteiger partial charge in [-0.25, -0.2) is 0 Å². The van der Waals surface area contributed by atoms with E-state index in [0.29, 0.717) is 68.9 Å². The lowest BCUT2D eigenvalue weighted by Gasteiger charge is -2.29. The van der Waals surface area contributed by atoms with Crippen LogP contribution in [0.5, 0.6) is 23.0 Å². The number of aliphatic hydroxyl groups excluding tert-OH is 1. The number of methoxy groups -OCH3 is 2. The number of nitrogens with zero attached hydrogens (tertiary/aromatic N) is 3. The highest BCUT2D eigenvalue weighted by Gasteiger charge is 2.39. The molecule has 4 aliphatic rings. The van der Waals surface area contributed by atoms with Crippen molar-refractivity contribution in [2.45, 2.75) is 77.2 Å². The molecule has 0 saturated heterocycles. The molecule has 0 saturated carbocycles. The molecule has 0 aromatic heterocycles. The molecule has 5 aromatic rings. The smallest absolute Gasteiger partial charge is 0.260 e. The van der Waals surface area contributed by atoms with Crippen molar-refractivity contribution < 1.29 is 38.4 Å². The normalized spacial score (nSPS) is 18.6. The van der Waals surface area contributed by atoms with E-state index < -0.39 is 30.1 Å². The summed E-state index contributed by atoms with van der Waals surface area (Å²) in [6, 6.07) is 26.7. The first-order chi connectivity index (χ1) is 31.4. The lowest BCUT2D eigenvalue weighted by Crippen LogP contribution is -2.50. The topological polar surface area (TPSA) is 189 Å². The summed E-state index contributed by atoms with van der Waals surface area (Å²) in [5.41, 5.74) is 14.3. The fourth-order valence-electron chi connectivity index (χ4n) is 9.01. The minimum atomic E-state index is -0.968. The molecule has 4 aliphatic heterocycles. The molecule has 0 bridgehead atoms. The maximum Gasteiger partial charge on any atom is 0.260 e. The number of benzene rings is 5. The predicted molar refractivity (Wildman–Crippen MR) is 249 cm³/mol. The minimum absolute atomic E-state index is 0.0369. The molecule has 6 N–H and O–H groups in total. The van der Waals surface area contributed by atoms with Gasteiger partial charge in [0.05, 0.1) is 49.3 Å². The van der Waals surface area contributed by atoms with Crippen LogP contribution in [0.2, 0.25) is 0 Å².